The van der Waals surface area contributed by atoms with Crippen LogP contribution in [0.5, 0.6) is 0 Å². The van der Waals surface area contributed by atoms with Gasteiger partial charge in [0.2, 0.25) is 5.69 Å². The topological polar surface area (TPSA) is 29.9 Å². The zero-order chi connectivity index (χ0) is 23.9. The average molecular weight is 403 g/mol. The second kappa shape index (κ2) is 6.16. The number of furan rings is 1. The van der Waals surface area contributed by atoms with Crippen molar-refractivity contribution in [3.05, 3.63) is 58.8 Å². The van der Waals surface area contributed by atoms with Gasteiger partial charge in [0.05, 0.1) is 5.56 Å². The lowest BCUT2D eigenvalue weighted by Gasteiger charge is -2.41. The molecule has 0 saturated heterocycles. The molecule has 30 heavy (non-hydrogen) atoms. The lowest BCUT2D eigenvalue weighted by molar-refractivity contribution is -0.720. The normalized spacial score (nSPS) is 19.3. The Balaban J connectivity index is 1.84. The number of hydrogen-bond donors (Lipinski definition) is 0. The summed E-state index contributed by atoms with van der Waals surface area (Å²) < 4.78 is 31.5. The van der Waals surface area contributed by atoms with Crippen LogP contribution >= 0.6 is 0 Å². The average Bonchev–Trinajstić information content (AvgIpc) is 3.09. The Morgan fingerprint density at radius 3 is 2.37 bits per heavy atom. The minimum Gasteiger partial charge on any atom is -0.455 e. The molecule has 2 aromatic carbocycles. The highest BCUT2D eigenvalue weighted by molar-refractivity contribution is 6.11. The number of aromatic nitrogens is 2. The summed E-state index contributed by atoms with van der Waals surface area (Å²) in [6.07, 6.45) is 2.27. The second-order valence-corrected chi connectivity index (χ2v) is 10.1. The van der Waals surface area contributed by atoms with Crippen LogP contribution in [0.15, 0.2) is 40.8 Å². The van der Waals surface area contributed by atoms with Crippen molar-refractivity contribution in [2.45, 2.75) is 65.1 Å². The highest BCUT2D eigenvalue weighted by atomic mass is 16.3. The van der Waals surface area contributed by atoms with Gasteiger partial charge in [0, 0.05) is 26.5 Å². The van der Waals surface area contributed by atoms with Crippen LogP contribution in [0, 0.1) is 13.8 Å². The van der Waals surface area contributed by atoms with Crippen molar-refractivity contribution in [2.24, 2.45) is 7.05 Å². The molecule has 0 atom stereocenters. The van der Waals surface area contributed by atoms with E-state index >= 15 is 0 Å². The van der Waals surface area contributed by atoms with E-state index in [0.717, 1.165) is 51.6 Å². The molecule has 0 saturated carbocycles. The van der Waals surface area contributed by atoms with Gasteiger partial charge in [-0.3, -0.25) is 0 Å². The number of nitrogens with zero attached hydrogens (tertiary/aromatic N) is 2. The third-order valence-corrected chi connectivity index (χ3v) is 7.06. The van der Waals surface area contributed by atoms with E-state index in [9.17, 15) is 0 Å². The fourth-order valence-electron chi connectivity index (χ4n) is 5.20. The minimum absolute atomic E-state index is 0.0288. The largest absolute Gasteiger partial charge is 0.455 e. The Labute approximate surface area is 182 Å². The third kappa shape index (κ3) is 2.64. The van der Waals surface area contributed by atoms with Gasteiger partial charge >= 0.3 is 0 Å². The van der Waals surface area contributed by atoms with E-state index in [1.807, 2.05) is 6.07 Å². The molecule has 2 heterocycles. The van der Waals surface area contributed by atoms with E-state index < -0.39 is 6.85 Å². The lowest BCUT2D eigenvalue weighted by Crippen LogP contribution is -2.36. The van der Waals surface area contributed by atoms with E-state index in [-0.39, 0.29) is 16.5 Å². The van der Waals surface area contributed by atoms with Crippen molar-refractivity contribution in [2.75, 3.05) is 0 Å². The molecule has 5 rings (SSSR count). The van der Waals surface area contributed by atoms with E-state index in [0.29, 0.717) is 0 Å². The molecule has 0 spiro atoms. The molecule has 3 heteroatoms. The molecule has 1 aliphatic carbocycles. The highest BCUT2D eigenvalue weighted by Gasteiger charge is 2.39. The first-order valence-electron chi connectivity index (χ1n) is 12.2. The van der Waals surface area contributed by atoms with Gasteiger partial charge < -0.3 is 4.42 Å². The Hall–Kier alpha value is -2.68. The van der Waals surface area contributed by atoms with E-state index in [4.69, 9.17) is 8.53 Å². The number of aryl methyl sites for hydroxylation is 3. The van der Waals surface area contributed by atoms with Crippen molar-refractivity contribution in [1.82, 2.24) is 5.10 Å². The van der Waals surface area contributed by atoms with Gasteiger partial charge in [-0.05, 0) is 59.7 Å². The molecule has 0 radical (unpaired) electrons. The van der Waals surface area contributed by atoms with Crippen molar-refractivity contribution in [3.63, 3.8) is 0 Å². The molecule has 0 bridgehead atoms. The molecule has 154 valence electrons. The predicted molar refractivity (Wildman–Crippen MR) is 123 cm³/mol. The standard InChI is InChI=1S/C27H31N2O/c1-16-8-10-18-19-11-12-20-23(27(5,6)15-14-26(20,3)4)25(19)30-24(18)22(16)21-13-9-17(2)28-29(21)7/h8-13H,14-15H2,1-7H3/q+1/i2D3. The van der Waals surface area contributed by atoms with Crippen molar-refractivity contribution < 1.29 is 13.2 Å². The van der Waals surface area contributed by atoms with Crippen LogP contribution in [0.1, 0.15) is 67.0 Å². The van der Waals surface area contributed by atoms with E-state index in [1.54, 1.807) is 17.8 Å². The smallest absolute Gasteiger partial charge is 0.242 e. The Morgan fingerprint density at radius 2 is 1.63 bits per heavy atom. The molecular formula is C27H31N2O+. The summed E-state index contributed by atoms with van der Waals surface area (Å²) in [5.41, 5.74) is 7.57. The summed E-state index contributed by atoms with van der Waals surface area (Å²) >= 11 is 0. The van der Waals surface area contributed by atoms with Crippen LogP contribution < -0.4 is 4.68 Å². The maximum atomic E-state index is 7.69. The first-order valence-corrected chi connectivity index (χ1v) is 10.7. The van der Waals surface area contributed by atoms with Gasteiger partial charge in [-0.25, -0.2) is 0 Å². The fraction of sp³-hybridized carbons (Fsp3) is 0.407. The molecule has 2 aromatic heterocycles. The third-order valence-electron chi connectivity index (χ3n) is 7.06. The number of benzene rings is 2. The molecular weight excluding hydrogens is 368 g/mol. The van der Waals surface area contributed by atoms with Crippen molar-refractivity contribution >= 4 is 21.9 Å². The molecule has 3 nitrogen and oxygen atoms in total. The van der Waals surface area contributed by atoms with Crippen LogP contribution in [-0.4, -0.2) is 5.10 Å². The Kier molecular flexibility index (Phi) is 3.30. The SMILES string of the molecule is [2H]C([2H])([2H])c1ccc(-c2c(C)ccc3c2oc2c4c(ccc23)C(C)(C)CCC4(C)C)[n+](C)n1. The van der Waals surface area contributed by atoms with Crippen LogP contribution in [-0.2, 0) is 17.9 Å². The second-order valence-electron chi connectivity index (χ2n) is 10.1. The van der Waals surface area contributed by atoms with E-state index in [2.05, 4.69) is 64.0 Å². The van der Waals surface area contributed by atoms with Gasteiger partial charge in [-0.1, -0.05) is 56.6 Å². The summed E-state index contributed by atoms with van der Waals surface area (Å²) in [6, 6.07) is 12.2. The van der Waals surface area contributed by atoms with Crippen LogP contribution in [0.2, 0.25) is 0 Å². The first-order chi connectivity index (χ1) is 15.3. The van der Waals surface area contributed by atoms with Gasteiger partial charge in [0.25, 0.3) is 0 Å². The highest BCUT2D eigenvalue weighted by Crippen LogP contribution is 2.50. The van der Waals surface area contributed by atoms with Crippen LogP contribution in [0.3, 0.4) is 0 Å². The first kappa shape index (κ1) is 16.1. The minimum atomic E-state index is -2.24. The van der Waals surface area contributed by atoms with Gasteiger partial charge in [0.15, 0.2) is 7.05 Å². The molecule has 4 aromatic rings. The summed E-state index contributed by atoms with van der Waals surface area (Å²) in [6.45, 7) is 9.09. The van der Waals surface area contributed by atoms with Crippen molar-refractivity contribution in [3.8, 4) is 11.3 Å². The van der Waals surface area contributed by atoms with Gasteiger partial charge in [-0.2, -0.15) is 0 Å². The molecule has 0 amide bonds. The Bertz CT molecular complexity index is 1430. The van der Waals surface area contributed by atoms with Crippen LogP contribution in [0.25, 0.3) is 33.2 Å². The van der Waals surface area contributed by atoms with E-state index in [1.165, 1.54) is 11.1 Å². The molecule has 0 unspecified atom stereocenters. The molecule has 1 aliphatic rings. The summed E-state index contributed by atoms with van der Waals surface area (Å²) in [4.78, 5) is 0. The zero-order valence-electron chi connectivity index (χ0n) is 21.7. The predicted octanol–water partition coefficient (Wildman–Crippen LogP) is 6.44. The molecule has 0 aliphatic heterocycles. The maximum absolute atomic E-state index is 7.69. The lowest BCUT2D eigenvalue weighted by atomic mass is 9.63. The van der Waals surface area contributed by atoms with Gasteiger partial charge in [-0.15, -0.1) is 0 Å². The van der Waals surface area contributed by atoms with Crippen molar-refractivity contribution in [1.29, 1.82) is 0 Å². The molecule has 0 N–H and O–H groups in total. The summed E-state index contributed by atoms with van der Waals surface area (Å²) in [5, 5.41) is 6.55. The quantitative estimate of drug-likeness (QED) is 0.343. The summed E-state index contributed by atoms with van der Waals surface area (Å²) in [5.74, 6) is 0. The number of fused-ring (bicyclic) bond motifs is 5. The van der Waals surface area contributed by atoms with Gasteiger partial charge in [0.1, 0.15) is 16.9 Å². The summed E-state index contributed by atoms with van der Waals surface area (Å²) in [7, 11) is 1.79. The Morgan fingerprint density at radius 1 is 0.933 bits per heavy atom. The number of rotatable bonds is 1. The molecule has 0 fully saturated rings. The fourth-order valence-corrected chi connectivity index (χ4v) is 5.20. The monoisotopic (exact) mass is 402 g/mol. The maximum Gasteiger partial charge on any atom is 0.242 e. The number of hydrogen-bond acceptors (Lipinski definition) is 2. The van der Waals surface area contributed by atoms with Crippen LogP contribution in [0.4, 0.5) is 0 Å². The zero-order valence-corrected chi connectivity index (χ0v) is 18.7.